The van der Waals surface area contributed by atoms with Gasteiger partial charge >= 0.3 is 0 Å². The van der Waals surface area contributed by atoms with Crippen molar-refractivity contribution in [3.8, 4) is 0 Å². The van der Waals surface area contributed by atoms with Gasteiger partial charge in [-0.3, -0.25) is 9.59 Å². The van der Waals surface area contributed by atoms with E-state index in [4.69, 9.17) is 4.74 Å². The lowest BCUT2D eigenvalue weighted by molar-refractivity contribution is -0.00286. The minimum atomic E-state index is -1.06. The van der Waals surface area contributed by atoms with Crippen LogP contribution in [0.15, 0.2) is 36.4 Å². The molecule has 1 saturated heterocycles. The summed E-state index contributed by atoms with van der Waals surface area (Å²) < 4.78 is 33.7. The van der Waals surface area contributed by atoms with Gasteiger partial charge in [0.1, 0.15) is 11.6 Å². The van der Waals surface area contributed by atoms with Crippen LogP contribution in [0.1, 0.15) is 78.3 Å². The van der Waals surface area contributed by atoms with Crippen LogP contribution in [0.2, 0.25) is 0 Å². The van der Waals surface area contributed by atoms with E-state index in [2.05, 4.69) is 10.6 Å². The minimum Gasteiger partial charge on any atom is -0.389 e. The number of aliphatic hydroxyl groups is 1. The number of piperidine rings is 1. The van der Waals surface area contributed by atoms with Gasteiger partial charge in [-0.05, 0) is 94.0 Å². The number of hydrogen-bond acceptors (Lipinski definition) is 5. The van der Waals surface area contributed by atoms with Gasteiger partial charge in [-0.15, -0.1) is 0 Å². The maximum Gasteiger partial charge on any atom is 0.253 e. The lowest BCUT2D eigenvalue weighted by atomic mass is 9.90. The van der Waals surface area contributed by atoms with E-state index < -0.39 is 29.7 Å². The van der Waals surface area contributed by atoms with E-state index in [9.17, 15) is 23.5 Å². The van der Waals surface area contributed by atoms with Crippen LogP contribution in [0.4, 0.5) is 8.78 Å². The van der Waals surface area contributed by atoms with Crippen LogP contribution in [0.5, 0.6) is 0 Å². The topological polar surface area (TPSA) is 90.9 Å². The van der Waals surface area contributed by atoms with Crippen molar-refractivity contribution in [2.75, 3.05) is 26.2 Å². The highest BCUT2D eigenvalue weighted by molar-refractivity contribution is 6.00. The molecule has 1 fully saturated rings. The van der Waals surface area contributed by atoms with E-state index in [1.54, 1.807) is 23.1 Å². The number of aliphatic hydroxyl groups excluding tert-OH is 1. The summed E-state index contributed by atoms with van der Waals surface area (Å²) in [6.45, 7) is 10.2. The summed E-state index contributed by atoms with van der Waals surface area (Å²) in [7, 11) is 0. The van der Waals surface area contributed by atoms with Gasteiger partial charge in [-0.25, -0.2) is 8.78 Å². The molecule has 40 heavy (non-hydrogen) atoms. The zero-order valence-electron chi connectivity index (χ0n) is 24.0. The molecule has 3 N–H and O–H groups in total. The Balaban J connectivity index is 1.87. The third kappa shape index (κ3) is 8.81. The summed E-state index contributed by atoms with van der Waals surface area (Å²) in [5, 5.41) is 17.6. The minimum absolute atomic E-state index is 0.0114. The van der Waals surface area contributed by atoms with Crippen LogP contribution in [-0.2, 0) is 11.2 Å². The van der Waals surface area contributed by atoms with Crippen LogP contribution < -0.4 is 10.6 Å². The van der Waals surface area contributed by atoms with E-state index in [-0.39, 0.29) is 30.0 Å². The summed E-state index contributed by atoms with van der Waals surface area (Å²) in [5.74, 6) is -2.07. The van der Waals surface area contributed by atoms with Gasteiger partial charge in [0.15, 0.2) is 0 Å². The van der Waals surface area contributed by atoms with Gasteiger partial charge in [-0.1, -0.05) is 13.8 Å². The molecule has 2 amide bonds. The van der Waals surface area contributed by atoms with Crippen molar-refractivity contribution in [2.45, 2.75) is 84.1 Å². The Morgan fingerprint density at radius 1 is 1.05 bits per heavy atom. The molecule has 1 heterocycles. The molecule has 220 valence electrons. The van der Waals surface area contributed by atoms with Gasteiger partial charge in [0.05, 0.1) is 18.2 Å². The molecule has 0 bridgehead atoms. The number of carbonyl (C=O) groups excluding carboxylic acids is 2. The van der Waals surface area contributed by atoms with Gasteiger partial charge < -0.3 is 25.4 Å². The fourth-order valence-electron chi connectivity index (χ4n) is 5.41. The van der Waals surface area contributed by atoms with Crippen LogP contribution in [0, 0.1) is 18.6 Å². The number of aryl methyl sites for hydroxylation is 1. The van der Waals surface area contributed by atoms with Crippen LogP contribution in [0.3, 0.4) is 0 Å². The Bertz CT molecular complexity index is 1120. The summed E-state index contributed by atoms with van der Waals surface area (Å²) in [4.78, 5) is 28.6. The highest BCUT2D eigenvalue weighted by Crippen LogP contribution is 2.21. The number of rotatable bonds is 13. The molecule has 2 aromatic rings. The smallest absolute Gasteiger partial charge is 0.253 e. The Labute approximate surface area is 236 Å². The van der Waals surface area contributed by atoms with Crippen molar-refractivity contribution < 1.29 is 28.2 Å². The molecular formula is C31H43F2N3O4. The third-order valence-electron chi connectivity index (χ3n) is 7.17. The van der Waals surface area contributed by atoms with Crippen LogP contribution in [-0.4, -0.2) is 72.4 Å². The van der Waals surface area contributed by atoms with E-state index in [0.717, 1.165) is 30.9 Å². The second-order valence-electron chi connectivity index (χ2n) is 10.6. The van der Waals surface area contributed by atoms with Crippen molar-refractivity contribution in [3.05, 3.63) is 70.3 Å². The molecular weight excluding hydrogens is 516 g/mol. The zero-order valence-corrected chi connectivity index (χ0v) is 24.0. The highest BCUT2D eigenvalue weighted by Gasteiger charge is 2.34. The lowest BCUT2D eigenvalue weighted by Crippen LogP contribution is -2.57. The zero-order chi connectivity index (χ0) is 29.2. The first kappa shape index (κ1) is 31.6. The number of ether oxygens (including phenoxy) is 1. The van der Waals surface area contributed by atoms with Gasteiger partial charge in [0, 0.05) is 42.9 Å². The molecule has 3 rings (SSSR count). The molecule has 0 saturated carbocycles. The van der Waals surface area contributed by atoms with Crippen LogP contribution >= 0.6 is 0 Å². The number of nitrogens with one attached hydrogen (secondary N) is 2. The molecule has 7 nitrogen and oxygen atoms in total. The number of halogens is 2. The number of hydrogen-bond donors (Lipinski definition) is 3. The molecule has 1 aliphatic rings. The van der Waals surface area contributed by atoms with E-state index >= 15 is 0 Å². The SMILES string of the molecule is CCCN(CCC)C(=O)c1cc(C)cc(C(=O)N[C@@H](Cc2cc(F)cc(F)c2)[C@H](O)C2C[C@@H](OCC)CCN2)c1. The first-order valence-electron chi connectivity index (χ1n) is 14.3. The van der Waals surface area contributed by atoms with Crippen LogP contribution in [0.25, 0.3) is 0 Å². The first-order valence-corrected chi connectivity index (χ1v) is 14.3. The largest absolute Gasteiger partial charge is 0.389 e. The van der Waals surface area contributed by atoms with E-state index in [1.165, 1.54) is 12.1 Å². The molecule has 0 aliphatic carbocycles. The van der Waals surface area contributed by atoms with Gasteiger partial charge in [0.25, 0.3) is 11.8 Å². The Hall–Kier alpha value is -2.88. The normalized spacial score (nSPS) is 18.7. The second-order valence-corrected chi connectivity index (χ2v) is 10.6. The summed E-state index contributed by atoms with van der Waals surface area (Å²) >= 11 is 0. The molecule has 0 spiro atoms. The Kier molecular flexibility index (Phi) is 12.0. The van der Waals surface area contributed by atoms with E-state index in [0.29, 0.717) is 43.8 Å². The van der Waals surface area contributed by atoms with Crippen molar-refractivity contribution in [1.82, 2.24) is 15.5 Å². The quantitative estimate of drug-likeness (QED) is 0.339. The Morgan fingerprint density at radius 3 is 2.33 bits per heavy atom. The van der Waals surface area contributed by atoms with Crippen molar-refractivity contribution >= 4 is 11.8 Å². The van der Waals surface area contributed by atoms with Crippen molar-refractivity contribution in [3.63, 3.8) is 0 Å². The monoisotopic (exact) mass is 559 g/mol. The average Bonchev–Trinajstić information content (AvgIpc) is 2.91. The summed E-state index contributed by atoms with van der Waals surface area (Å²) in [6, 6.07) is 6.96. The highest BCUT2D eigenvalue weighted by atomic mass is 19.1. The molecule has 0 aromatic heterocycles. The standard InChI is InChI=1S/C31H43F2N3O4/c1-5-10-36(11-6-2)31(39)23-13-20(4)12-22(17-23)30(38)35-28(16-21-14-24(32)18-25(33)15-21)29(37)27-19-26(40-7-3)8-9-34-27/h12-15,17-18,26-29,34,37H,5-11,16,19H2,1-4H3,(H,35,38)/t26-,27?,28-,29+/m0/s1. The number of nitrogens with zero attached hydrogens (tertiary/aromatic N) is 1. The predicted octanol–water partition coefficient (Wildman–Crippen LogP) is 4.39. The second kappa shape index (κ2) is 15.2. The average molecular weight is 560 g/mol. The molecule has 0 radical (unpaired) electrons. The summed E-state index contributed by atoms with van der Waals surface area (Å²) in [6.07, 6.45) is 1.90. The van der Waals surface area contributed by atoms with E-state index in [1.807, 2.05) is 27.7 Å². The maximum atomic E-state index is 14.0. The molecule has 2 aromatic carbocycles. The number of benzene rings is 2. The Morgan fingerprint density at radius 2 is 1.70 bits per heavy atom. The number of carbonyl (C=O) groups is 2. The third-order valence-corrected chi connectivity index (χ3v) is 7.17. The first-order chi connectivity index (χ1) is 19.1. The summed E-state index contributed by atoms with van der Waals surface area (Å²) in [5.41, 5.74) is 1.77. The fourth-order valence-corrected chi connectivity index (χ4v) is 5.41. The van der Waals surface area contributed by atoms with Gasteiger partial charge in [0.2, 0.25) is 0 Å². The van der Waals surface area contributed by atoms with Crippen molar-refractivity contribution in [2.24, 2.45) is 0 Å². The number of amides is 2. The molecule has 9 heteroatoms. The van der Waals surface area contributed by atoms with Crippen molar-refractivity contribution in [1.29, 1.82) is 0 Å². The fraction of sp³-hybridized carbons (Fsp3) is 0.548. The molecule has 1 unspecified atom stereocenters. The van der Waals surface area contributed by atoms with Gasteiger partial charge in [-0.2, -0.15) is 0 Å². The lowest BCUT2D eigenvalue weighted by Gasteiger charge is -2.36. The molecule has 1 aliphatic heterocycles. The molecule has 4 atom stereocenters. The predicted molar refractivity (Wildman–Crippen MR) is 151 cm³/mol. The maximum absolute atomic E-state index is 14.0.